The highest BCUT2D eigenvalue weighted by Gasteiger charge is 2.03. The third-order valence-electron chi connectivity index (χ3n) is 2.67. The number of furan rings is 1. The molecule has 4 N–H and O–H groups in total. The molecule has 0 fully saturated rings. The number of hydrogen-bond donors (Lipinski definition) is 2. The van der Waals surface area contributed by atoms with E-state index in [0.717, 1.165) is 11.1 Å². The molecular formula is C16H14N2O3. The summed E-state index contributed by atoms with van der Waals surface area (Å²) in [6, 6.07) is 11.0. The first-order valence-electron chi connectivity index (χ1n) is 6.20. The van der Waals surface area contributed by atoms with Crippen LogP contribution < -0.4 is 11.5 Å². The van der Waals surface area contributed by atoms with Crippen molar-refractivity contribution in [2.45, 2.75) is 0 Å². The standard InChI is InChI=1S/C16H14N2O3/c17-15(19)9-3-11-1-4-12(5-2-11)14-8-6-13(21-14)7-10-16(18)20/h1-10H,(H2,17,19)(H2,18,20)/b9-3-,10-7-. The fraction of sp³-hybridized carbons (Fsp3) is 0. The Bertz CT molecular complexity index is 709. The van der Waals surface area contributed by atoms with E-state index in [-0.39, 0.29) is 0 Å². The summed E-state index contributed by atoms with van der Waals surface area (Å²) >= 11 is 0. The Morgan fingerprint density at radius 3 is 2.10 bits per heavy atom. The van der Waals surface area contributed by atoms with Gasteiger partial charge in [-0.2, -0.15) is 0 Å². The van der Waals surface area contributed by atoms with Crippen molar-refractivity contribution in [3.05, 3.63) is 59.9 Å². The topological polar surface area (TPSA) is 99.3 Å². The highest BCUT2D eigenvalue weighted by molar-refractivity contribution is 5.90. The molecule has 0 saturated heterocycles. The maximum absolute atomic E-state index is 10.7. The molecule has 1 aromatic heterocycles. The van der Waals surface area contributed by atoms with Crippen molar-refractivity contribution in [1.29, 1.82) is 0 Å². The summed E-state index contributed by atoms with van der Waals surface area (Å²) in [4.78, 5) is 21.3. The highest BCUT2D eigenvalue weighted by Crippen LogP contribution is 2.23. The molecule has 1 aromatic carbocycles. The highest BCUT2D eigenvalue weighted by atomic mass is 16.3. The number of benzene rings is 1. The van der Waals surface area contributed by atoms with Gasteiger partial charge < -0.3 is 15.9 Å². The van der Waals surface area contributed by atoms with E-state index in [1.807, 2.05) is 24.3 Å². The SMILES string of the molecule is NC(=O)/C=C\c1ccc(-c2ccc(/C=C\C(N)=O)o2)cc1. The Balaban J connectivity index is 2.15. The molecule has 21 heavy (non-hydrogen) atoms. The first-order chi connectivity index (χ1) is 10.0. The quantitative estimate of drug-likeness (QED) is 0.820. The fourth-order valence-corrected chi connectivity index (χ4v) is 1.70. The number of carbonyl (C=O) groups is 2. The molecular weight excluding hydrogens is 268 g/mol. The van der Waals surface area contributed by atoms with E-state index in [1.165, 1.54) is 18.2 Å². The molecule has 0 unspecified atom stereocenters. The maximum Gasteiger partial charge on any atom is 0.241 e. The molecule has 0 atom stereocenters. The van der Waals surface area contributed by atoms with Gasteiger partial charge in [-0.05, 0) is 29.8 Å². The molecule has 1 heterocycles. The largest absolute Gasteiger partial charge is 0.457 e. The van der Waals surface area contributed by atoms with E-state index in [0.29, 0.717) is 11.5 Å². The summed E-state index contributed by atoms with van der Waals surface area (Å²) in [5, 5.41) is 0. The van der Waals surface area contributed by atoms with Gasteiger partial charge in [-0.15, -0.1) is 0 Å². The molecule has 0 saturated carbocycles. The van der Waals surface area contributed by atoms with Gasteiger partial charge in [0.1, 0.15) is 11.5 Å². The fourth-order valence-electron chi connectivity index (χ4n) is 1.70. The van der Waals surface area contributed by atoms with Crippen molar-refractivity contribution >= 4 is 24.0 Å². The zero-order valence-corrected chi connectivity index (χ0v) is 11.2. The third-order valence-corrected chi connectivity index (χ3v) is 2.67. The average Bonchev–Trinajstić information content (AvgIpc) is 2.92. The Morgan fingerprint density at radius 2 is 1.48 bits per heavy atom. The average molecular weight is 282 g/mol. The molecule has 5 nitrogen and oxygen atoms in total. The molecule has 2 aromatic rings. The Kier molecular flexibility index (Phi) is 4.36. The van der Waals surface area contributed by atoms with Crippen LogP contribution in [0, 0.1) is 0 Å². The van der Waals surface area contributed by atoms with Crippen LogP contribution in [0.1, 0.15) is 11.3 Å². The van der Waals surface area contributed by atoms with Crippen LogP contribution >= 0.6 is 0 Å². The van der Waals surface area contributed by atoms with Gasteiger partial charge in [0.25, 0.3) is 0 Å². The second kappa shape index (κ2) is 6.38. The monoisotopic (exact) mass is 282 g/mol. The predicted octanol–water partition coefficient (Wildman–Crippen LogP) is 1.94. The van der Waals surface area contributed by atoms with Crippen LogP contribution in [-0.2, 0) is 9.59 Å². The van der Waals surface area contributed by atoms with Crippen LogP contribution in [0.4, 0.5) is 0 Å². The number of primary amides is 2. The minimum atomic E-state index is -0.529. The van der Waals surface area contributed by atoms with Crippen molar-refractivity contribution < 1.29 is 14.0 Å². The summed E-state index contributed by atoms with van der Waals surface area (Å²) in [7, 11) is 0. The molecule has 0 bridgehead atoms. The lowest BCUT2D eigenvalue weighted by atomic mass is 10.1. The lowest BCUT2D eigenvalue weighted by molar-refractivity contribution is -0.114. The molecule has 0 aliphatic carbocycles. The van der Waals surface area contributed by atoms with Gasteiger partial charge in [0, 0.05) is 17.7 Å². The lowest BCUT2D eigenvalue weighted by Gasteiger charge is -1.98. The van der Waals surface area contributed by atoms with Gasteiger partial charge in [-0.25, -0.2) is 0 Å². The smallest absolute Gasteiger partial charge is 0.241 e. The van der Waals surface area contributed by atoms with Gasteiger partial charge in [-0.3, -0.25) is 9.59 Å². The van der Waals surface area contributed by atoms with Gasteiger partial charge in [0.05, 0.1) is 0 Å². The van der Waals surface area contributed by atoms with Crippen LogP contribution in [0.3, 0.4) is 0 Å². The number of rotatable bonds is 5. The number of nitrogens with two attached hydrogens (primary N) is 2. The van der Waals surface area contributed by atoms with Gasteiger partial charge in [0.2, 0.25) is 11.8 Å². The Morgan fingerprint density at radius 1 is 0.857 bits per heavy atom. The van der Waals surface area contributed by atoms with Crippen LogP contribution in [0.15, 0.2) is 53.0 Å². The normalized spacial score (nSPS) is 11.2. The lowest BCUT2D eigenvalue weighted by Crippen LogP contribution is -2.04. The summed E-state index contributed by atoms with van der Waals surface area (Å²) < 4.78 is 5.57. The zero-order valence-electron chi connectivity index (χ0n) is 11.2. The Labute approximate surface area is 121 Å². The summed E-state index contributed by atoms with van der Waals surface area (Å²) in [5.74, 6) is 0.195. The third kappa shape index (κ3) is 4.21. The number of amides is 2. The van der Waals surface area contributed by atoms with Crippen molar-refractivity contribution in [3.63, 3.8) is 0 Å². The van der Waals surface area contributed by atoms with Crippen LogP contribution in [0.25, 0.3) is 23.5 Å². The molecule has 5 heteroatoms. The maximum atomic E-state index is 10.7. The first kappa shape index (κ1) is 14.3. The molecule has 2 rings (SSSR count). The van der Waals surface area contributed by atoms with Crippen LogP contribution in [0.2, 0.25) is 0 Å². The summed E-state index contributed by atoms with van der Waals surface area (Å²) in [5.41, 5.74) is 11.8. The van der Waals surface area contributed by atoms with Crippen LogP contribution in [-0.4, -0.2) is 11.8 Å². The second-order valence-corrected chi connectivity index (χ2v) is 4.30. The van der Waals surface area contributed by atoms with Gasteiger partial charge in [0.15, 0.2) is 0 Å². The van der Waals surface area contributed by atoms with E-state index in [2.05, 4.69) is 0 Å². The molecule has 2 amide bonds. The minimum absolute atomic E-state index is 0.490. The molecule has 0 spiro atoms. The van der Waals surface area contributed by atoms with Crippen LogP contribution in [0.5, 0.6) is 0 Å². The van der Waals surface area contributed by atoms with Crippen molar-refractivity contribution in [3.8, 4) is 11.3 Å². The molecule has 0 aliphatic heterocycles. The van der Waals surface area contributed by atoms with Gasteiger partial charge in [-0.1, -0.05) is 24.3 Å². The van der Waals surface area contributed by atoms with E-state index in [1.54, 1.807) is 18.2 Å². The second-order valence-electron chi connectivity index (χ2n) is 4.30. The van der Waals surface area contributed by atoms with E-state index >= 15 is 0 Å². The van der Waals surface area contributed by atoms with E-state index < -0.39 is 11.8 Å². The number of carbonyl (C=O) groups excluding carboxylic acids is 2. The van der Waals surface area contributed by atoms with Crippen molar-refractivity contribution in [1.82, 2.24) is 0 Å². The molecule has 0 radical (unpaired) electrons. The van der Waals surface area contributed by atoms with Gasteiger partial charge >= 0.3 is 0 Å². The van der Waals surface area contributed by atoms with E-state index in [9.17, 15) is 9.59 Å². The summed E-state index contributed by atoms with van der Waals surface area (Å²) in [6.45, 7) is 0. The molecule has 0 aliphatic rings. The van der Waals surface area contributed by atoms with E-state index in [4.69, 9.17) is 15.9 Å². The Hall–Kier alpha value is -3.08. The summed E-state index contributed by atoms with van der Waals surface area (Å²) in [6.07, 6.45) is 5.68. The predicted molar refractivity (Wildman–Crippen MR) is 80.6 cm³/mol. The van der Waals surface area contributed by atoms with Crippen molar-refractivity contribution in [2.24, 2.45) is 11.5 Å². The minimum Gasteiger partial charge on any atom is -0.457 e. The first-order valence-corrected chi connectivity index (χ1v) is 6.20. The number of hydrogen-bond acceptors (Lipinski definition) is 3. The van der Waals surface area contributed by atoms with Crippen molar-refractivity contribution in [2.75, 3.05) is 0 Å². The zero-order chi connectivity index (χ0) is 15.2. The molecule has 106 valence electrons.